The summed E-state index contributed by atoms with van der Waals surface area (Å²) in [5.41, 5.74) is 3.25. The van der Waals surface area contributed by atoms with Gasteiger partial charge in [-0.05, 0) is 0 Å². The fraction of sp³-hybridized carbons (Fsp3) is 0.481. The number of ether oxygens (including phenoxy) is 2. The first-order valence-electron chi connectivity index (χ1n) is 10.2. The molecule has 0 saturated carbocycles. The molecule has 0 atom stereocenters. The van der Waals surface area contributed by atoms with Crippen molar-refractivity contribution in [1.29, 1.82) is 0 Å². The molecular formula is C27H32O4Si. The van der Waals surface area contributed by atoms with Crippen LogP contribution in [0.5, 0.6) is 0 Å². The van der Waals surface area contributed by atoms with Crippen molar-refractivity contribution in [3.63, 3.8) is 0 Å². The highest BCUT2D eigenvalue weighted by atomic mass is 28.3. The summed E-state index contributed by atoms with van der Waals surface area (Å²) < 4.78 is 8.96. The van der Waals surface area contributed by atoms with E-state index in [0.29, 0.717) is 51.4 Å². The molecule has 0 fully saturated rings. The molecule has 0 saturated heterocycles. The molecule has 168 valence electrons. The van der Waals surface area contributed by atoms with E-state index in [2.05, 4.69) is 93.9 Å². The molecule has 0 bridgehead atoms. The Kier molecular flexibility index (Phi) is 21.3. The van der Waals surface area contributed by atoms with Crippen LogP contribution in [0.25, 0.3) is 0 Å². The number of hydrogen-bond acceptors (Lipinski definition) is 4. The van der Waals surface area contributed by atoms with Gasteiger partial charge in [-0.1, -0.05) is 67.0 Å². The summed E-state index contributed by atoms with van der Waals surface area (Å²) in [4.78, 5) is 21.4. The van der Waals surface area contributed by atoms with E-state index in [-0.39, 0.29) is 11.9 Å². The second kappa shape index (κ2) is 22.2. The Morgan fingerprint density at radius 1 is 0.656 bits per heavy atom. The van der Waals surface area contributed by atoms with E-state index in [1.165, 1.54) is 14.2 Å². The van der Waals surface area contributed by atoms with Gasteiger partial charge >= 0.3 is 11.9 Å². The maximum absolute atomic E-state index is 10.8. The molecule has 0 aliphatic heterocycles. The average Bonchev–Trinajstić information content (AvgIpc) is 2.76. The second-order valence-corrected chi connectivity index (χ2v) is 11.8. The molecule has 0 spiro atoms. The van der Waals surface area contributed by atoms with E-state index in [0.717, 1.165) is 0 Å². The third-order valence-corrected chi connectivity index (χ3v) is 3.97. The van der Waals surface area contributed by atoms with Crippen LogP contribution in [-0.2, 0) is 19.1 Å². The van der Waals surface area contributed by atoms with Crippen LogP contribution in [0.15, 0.2) is 0 Å². The van der Waals surface area contributed by atoms with Crippen molar-refractivity contribution < 1.29 is 19.1 Å². The average molecular weight is 449 g/mol. The second-order valence-electron chi connectivity index (χ2n) is 7.03. The number of rotatable bonds is 4. The van der Waals surface area contributed by atoms with Gasteiger partial charge in [0.1, 0.15) is 8.07 Å². The first kappa shape index (κ1) is 30.7. The monoisotopic (exact) mass is 448 g/mol. The van der Waals surface area contributed by atoms with E-state index < -0.39 is 8.07 Å². The third kappa shape index (κ3) is 28.7. The molecule has 0 aromatic heterocycles. The summed E-state index contributed by atoms with van der Waals surface area (Å²) in [5.74, 6) is 27.9. The molecule has 4 nitrogen and oxygen atoms in total. The normalized spacial score (nSPS) is 8.12. The van der Waals surface area contributed by atoms with Gasteiger partial charge in [-0.15, -0.1) is 23.8 Å². The van der Waals surface area contributed by atoms with Crippen molar-refractivity contribution in [3.8, 4) is 71.2 Å². The number of terminal acetylenes is 1. The highest BCUT2D eigenvalue weighted by Crippen LogP contribution is 1.96. The zero-order chi connectivity index (χ0) is 24.5. The van der Waals surface area contributed by atoms with Crippen LogP contribution in [-0.4, -0.2) is 34.2 Å². The van der Waals surface area contributed by atoms with Crippen LogP contribution in [0.1, 0.15) is 51.4 Å². The number of methoxy groups -OCH3 is 2. The molecule has 0 unspecified atom stereocenters. The molecule has 0 amide bonds. The molecule has 0 aromatic carbocycles. The predicted octanol–water partition coefficient (Wildman–Crippen LogP) is 3.97. The summed E-state index contributed by atoms with van der Waals surface area (Å²) in [7, 11) is 1.48. The Hall–Kier alpha value is -3.48. The SMILES string of the molecule is C#CCC#CCC#CCCC(=O)OC.COC(=O)CCC#CCC#CCC#C[Si](C)(C)C. The lowest BCUT2D eigenvalue weighted by atomic mass is 10.3. The zero-order valence-corrected chi connectivity index (χ0v) is 20.9. The molecule has 0 aliphatic carbocycles. The first-order chi connectivity index (χ1) is 15.3. The van der Waals surface area contributed by atoms with E-state index in [1.54, 1.807) is 0 Å². The van der Waals surface area contributed by atoms with E-state index in [9.17, 15) is 9.59 Å². The summed E-state index contributed by atoms with van der Waals surface area (Å²) in [6.07, 6.45) is 8.85. The summed E-state index contributed by atoms with van der Waals surface area (Å²) in [6, 6.07) is 0. The Morgan fingerprint density at radius 2 is 1.03 bits per heavy atom. The summed E-state index contributed by atoms with van der Waals surface area (Å²) >= 11 is 0. The van der Waals surface area contributed by atoms with Crippen LogP contribution in [0.3, 0.4) is 0 Å². The van der Waals surface area contributed by atoms with Gasteiger partial charge in [0, 0.05) is 12.8 Å². The molecule has 0 aromatic rings. The van der Waals surface area contributed by atoms with Gasteiger partial charge in [-0.3, -0.25) is 9.59 Å². The lowest BCUT2D eigenvalue weighted by Gasteiger charge is -2.02. The van der Waals surface area contributed by atoms with Gasteiger partial charge in [0.2, 0.25) is 0 Å². The zero-order valence-electron chi connectivity index (χ0n) is 19.9. The van der Waals surface area contributed by atoms with Gasteiger partial charge < -0.3 is 9.47 Å². The molecule has 0 heterocycles. The standard InChI is InChI=1S/C15H20O2Si.C12H12O2/c1-17-15(16)13-11-9-7-5-6-8-10-12-14-18(2,3)4;1-3-4-5-6-7-8-9-10-11-12(13)14-2/h5,10-11,13H2,1-4H3;1H,4,7,10-11H2,2H3. The topological polar surface area (TPSA) is 52.6 Å². The molecular weight excluding hydrogens is 416 g/mol. The van der Waals surface area contributed by atoms with Gasteiger partial charge in [-0.25, -0.2) is 0 Å². The summed E-state index contributed by atoms with van der Waals surface area (Å²) in [6.45, 7) is 6.63. The molecule has 0 rings (SSSR count). The Morgan fingerprint density at radius 3 is 1.41 bits per heavy atom. The molecule has 5 heteroatoms. The Balaban J connectivity index is 0. The lowest BCUT2D eigenvalue weighted by molar-refractivity contribution is -0.141. The smallest absolute Gasteiger partial charge is 0.306 e. The maximum atomic E-state index is 10.8. The van der Waals surface area contributed by atoms with E-state index in [4.69, 9.17) is 6.42 Å². The van der Waals surface area contributed by atoms with E-state index in [1.807, 2.05) is 0 Å². The highest BCUT2D eigenvalue weighted by molar-refractivity contribution is 6.83. The minimum Gasteiger partial charge on any atom is -0.469 e. The third-order valence-electron chi connectivity index (χ3n) is 3.05. The number of hydrogen-bond donors (Lipinski definition) is 0. The van der Waals surface area contributed by atoms with E-state index >= 15 is 0 Å². The van der Waals surface area contributed by atoms with Crippen LogP contribution in [0.2, 0.25) is 19.6 Å². The van der Waals surface area contributed by atoms with Crippen molar-refractivity contribution >= 4 is 20.0 Å². The predicted molar refractivity (Wildman–Crippen MR) is 132 cm³/mol. The molecule has 32 heavy (non-hydrogen) atoms. The Bertz CT molecular complexity index is 921. The van der Waals surface area contributed by atoms with Gasteiger partial charge in [0.05, 0.1) is 52.7 Å². The molecule has 0 radical (unpaired) electrons. The van der Waals surface area contributed by atoms with Crippen molar-refractivity contribution in [2.45, 2.75) is 71.0 Å². The van der Waals surface area contributed by atoms with Crippen LogP contribution in [0, 0.1) is 71.2 Å². The maximum Gasteiger partial charge on any atom is 0.306 e. The van der Waals surface area contributed by atoms with Gasteiger partial charge in [0.15, 0.2) is 0 Å². The highest BCUT2D eigenvalue weighted by Gasteiger charge is 2.06. The molecule has 0 aliphatic rings. The minimum absolute atomic E-state index is 0.225. The summed E-state index contributed by atoms with van der Waals surface area (Å²) in [5, 5.41) is 0. The number of carbonyl (C=O) groups is 2. The number of esters is 2. The fourth-order valence-corrected chi connectivity index (χ4v) is 2.20. The lowest BCUT2D eigenvalue weighted by Crippen LogP contribution is -2.16. The van der Waals surface area contributed by atoms with Gasteiger partial charge in [0.25, 0.3) is 0 Å². The van der Waals surface area contributed by atoms with Gasteiger partial charge in [-0.2, -0.15) is 0 Å². The minimum atomic E-state index is -1.26. The van der Waals surface area contributed by atoms with Crippen LogP contribution in [0.4, 0.5) is 0 Å². The van der Waals surface area contributed by atoms with Crippen molar-refractivity contribution in [1.82, 2.24) is 0 Å². The van der Waals surface area contributed by atoms with Crippen LogP contribution < -0.4 is 0 Å². The fourth-order valence-electron chi connectivity index (χ4n) is 1.58. The van der Waals surface area contributed by atoms with Crippen LogP contribution >= 0.6 is 0 Å². The first-order valence-corrected chi connectivity index (χ1v) is 13.7. The van der Waals surface area contributed by atoms with Crippen molar-refractivity contribution in [2.24, 2.45) is 0 Å². The largest absolute Gasteiger partial charge is 0.469 e. The number of carbonyl (C=O) groups excluding carboxylic acids is 2. The quantitative estimate of drug-likeness (QED) is 0.371. The van der Waals surface area contributed by atoms with Crippen molar-refractivity contribution in [2.75, 3.05) is 14.2 Å². The molecule has 0 N–H and O–H groups in total. The Labute approximate surface area is 195 Å². The van der Waals surface area contributed by atoms with Crippen molar-refractivity contribution in [3.05, 3.63) is 0 Å².